The summed E-state index contributed by atoms with van der Waals surface area (Å²) in [5.41, 5.74) is 1.88. The number of nitrogens with one attached hydrogen (secondary N) is 1. The Morgan fingerprint density at radius 1 is 1.07 bits per heavy atom. The summed E-state index contributed by atoms with van der Waals surface area (Å²) in [5, 5.41) is 0. The summed E-state index contributed by atoms with van der Waals surface area (Å²) in [4.78, 5) is -0.145. The Labute approximate surface area is 168 Å². The highest BCUT2D eigenvalue weighted by Crippen LogP contribution is 2.26. The van der Waals surface area contributed by atoms with Gasteiger partial charge in [-0.05, 0) is 55.2 Å². The molecule has 0 aromatic heterocycles. The van der Waals surface area contributed by atoms with E-state index in [0.29, 0.717) is 12.2 Å². The highest BCUT2D eigenvalue weighted by atomic mass is 32.2. The summed E-state index contributed by atoms with van der Waals surface area (Å²) >= 11 is 0. The van der Waals surface area contributed by atoms with Gasteiger partial charge in [0.25, 0.3) is 0 Å². The molecule has 0 heterocycles. The Bertz CT molecular complexity index is 926. The molecule has 0 aliphatic carbocycles. The first-order valence-electron chi connectivity index (χ1n) is 8.93. The Morgan fingerprint density at radius 2 is 1.69 bits per heavy atom. The smallest absolute Gasteiger partial charge is 0.496 e. The van der Waals surface area contributed by atoms with Crippen molar-refractivity contribution < 1.29 is 31.1 Å². The van der Waals surface area contributed by atoms with Crippen LogP contribution in [0, 0.1) is 12.8 Å². The van der Waals surface area contributed by atoms with Gasteiger partial charge in [-0.1, -0.05) is 31.5 Å². The number of halogens is 3. The average molecular weight is 431 g/mol. The maximum atomic E-state index is 12.7. The lowest BCUT2D eigenvalue weighted by molar-refractivity contribution is -0.274. The fourth-order valence-electron chi connectivity index (χ4n) is 2.81. The summed E-state index contributed by atoms with van der Waals surface area (Å²) in [6.45, 7) is 5.70. The van der Waals surface area contributed by atoms with Crippen LogP contribution in [0.4, 0.5) is 13.2 Å². The number of hydrogen-bond acceptors (Lipinski definition) is 4. The molecular formula is C20H24F3NO4S. The average Bonchev–Trinajstić information content (AvgIpc) is 2.60. The quantitative estimate of drug-likeness (QED) is 0.671. The van der Waals surface area contributed by atoms with Crippen molar-refractivity contribution in [3.05, 3.63) is 53.6 Å². The van der Waals surface area contributed by atoms with Crippen LogP contribution >= 0.6 is 0 Å². The molecular weight excluding hydrogens is 407 g/mol. The molecule has 1 unspecified atom stereocenters. The van der Waals surface area contributed by atoms with E-state index in [1.165, 1.54) is 0 Å². The van der Waals surface area contributed by atoms with Crippen molar-refractivity contribution in [2.75, 3.05) is 7.11 Å². The fraction of sp³-hybridized carbons (Fsp3) is 0.400. The van der Waals surface area contributed by atoms with Crippen LogP contribution in [0.3, 0.4) is 0 Å². The summed E-state index contributed by atoms with van der Waals surface area (Å²) in [7, 11) is -2.39. The Balaban J connectivity index is 2.22. The topological polar surface area (TPSA) is 64.6 Å². The molecule has 0 saturated heterocycles. The molecule has 0 aliphatic rings. The maximum Gasteiger partial charge on any atom is 0.573 e. The fourth-order valence-corrected chi connectivity index (χ4v) is 4.19. The molecule has 0 saturated carbocycles. The van der Waals surface area contributed by atoms with Crippen LogP contribution in [-0.4, -0.2) is 27.9 Å². The first kappa shape index (κ1) is 23.0. The van der Waals surface area contributed by atoms with Gasteiger partial charge in [0, 0.05) is 6.04 Å². The van der Waals surface area contributed by atoms with Gasteiger partial charge in [0.15, 0.2) is 0 Å². The number of benzene rings is 2. The number of alkyl halides is 3. The zero-order chi connectivity index (χ0) is 21.8. The second-order valence-corrected chi connectivity index (χ2v) is 8.72. The van der Waals surface area contributed by atoms with Crippen LogP contribution in [0.25, 0.3) is 0 Å². The van der Waals surface area contributed by atoms with Crippen LogP contribution in [0.2, 0.25) is 0 Å². The molecule has 9 heteroatoms. The van der Waals surface area contributed by atoms with Crippen molar-refractivity contribution in [2.45, 2.75) is 44.5 Å². The van der Waals surface area contributed by atoms with Gasteiger partial charge in [-0.25, -0.2) is 13.1 Å². The highest BCUT2D eigenvalue weighted by Gasteiger charge is 2.31. The van der Waals surface area contributed by atoms with Gasteiger partial charge in [0.1, 0.15) is 11.5 Å². The van der Waals surface area contributed by atoms with Crippen LogP contribution < -0.4 is 14.2 Å². The molecule has 0 radical (unpaired) electrons. The molecule has 0 bridgehead atoms. The molecule has 2 rings (SSSR count). The predicted octanol–water partition coefficient (Wildman–Crippen LogP) is 4.45. The van der Waals surface area contributed by atoms with Gasteiger partial charge in [0.2, 0.25) is 10.0 Å². The van der Waals surface area contributed by atoms with Gasteiger partial charge in [-0.3, -0.25) is 0 Å². The summed E-state index contributed by atoms with van der Waals surface area (Å²) in [5.74, 6) is 0.137. The van der Waals surface area contributed by atoms with Crippen molar-refractivity contribution >= 4 is 10.0 Å². The monoisotopic (exact) mass is 431 g/mol. The summed E-state index contributed by atoms with van der Waals surface area (Å²) in [6, 6.07) is 9.32. The van der Waals surface area contributed by atoms with Crippen LogP contribution in [0.15, 0.2) is 47.4 Å². The maximum absolute atomic E-state index is 12.7. The molecule has 1 atom stereocenters. The van der Waals surface area contributed by atoms with E-state index in [1.807, 2.05) is 39.0 Å². The van der Waals surface area contributed by atoms with Crippen molar-refractivity contribution in [1.29, 1.82) is 0 Å². The minimum atomic E-state index is -4.84. The van der Waals surface area contributed by atoms with E-state index >= 15 is 0 Å². The number of rotatable bonds is 8. The second-order valence-electron chi connectivity index (χ2n) is 7.01. The first-order valence-corrected chi connectivity index (χ1v) is 10.4. The SMILES string of the molecule is COc1ccc(C)cc1CC(NS(=O)(=O)c1ccc(OC(F)(F)F)cc1)C(C)C. The molecule has 0 fully saturated rings. The molecule has 5 nitrogen and oxygen atoms in total. The molecule has 2 aromatic rings. The third-order valence-electron chi connectivity index (χ3n) is 4.35. The minimum Gasteiger partial charge on any atom is -0.496 e. The Morgan fingerprint density at radius 3 is 2.21 bits per heavy atom. The zero-order valence-corrected chi connectivity index (χ0v) is 17.4. The summed E-state index contributed by atoms with van der Waals surface area (Å²) in [6.07, 6.45) is -4.44. The molecule has 2 aromatic carbocycles. The van der Waals surface area contributed by atoms with Crippen molar-refractivity contribution in [2.24, 2.45) is 5.92 Å². The number of hydrogen-bond donors (Lipinski definition) is 1. The van der Waals surface area contributed by atoms with E-state index in [2.05, 4.69) is 9.46 Å². The van der Waals surface area contributed by atoms with Gasteiger partial charge in [0.05, 0.1) is 12.0 Å². The van der Waals surface area contributed by atoms with Gasteiger partial charge < -0.3 is 9.47 Å². The molecule has 29 heavy (non-hydrogen) atoms. The van der Waals surface area contributed by atoms with E-state index < -0.39 is 28.2 Å². The number of aryl methyl sites for hydroxylation is 1. The van der Waals surface area contributed by atoms with E-state index in [4.69, 9.17) is 4.74 Å². The highest BCUT2D eigenvalue weighted by molar-refractivity contribution is 7.89. The van der Waals surface area contributed by atoms with E-state index in [9.17, 15) is 21.6 Å². The molecule has 160 valence electrons. The van der Waals surface area contributed by atoms with Crippen LogP contribution in [0.5, 0.6) is 11.5 Å². The lowest BCUT2D eigenvalue weighted by Gasteiger charge is -2.23. The third kappa shape index (κ3) is 6.64. The van der Waals surface area contributed by atoms with E-state index in [-0.39, 0.29) is 10.8 Å². The predicted molar refractivity (Wildman–Crippen MR) is 104 cm³/mol. The third-order valence-corrected chi connectivity index (χ3v) is 5.86. The Hall–Kier alpha value is -2.26. The summed E-state index contributed by atoms with van der Waals surface area (Å²) < 4.78 is 74.1. The van der Waals surface area contributed by atoms with Crippen molar-refractivity contribution in [3.8, 4) is 11.5 Å². The molecule has 0 aliphatic heterocycles. The number of methoxy groups -OCH3 is 1. The second kappa shape index (κ2) is 9.04. The van der Waals surface area contributed by atoms with Gasteiger partial charge in [-0.2, -0.15) is 0 Å². The first-order chi connectivity index (χ1) is 13.4. The standard InChI is InChI=1S/C20H24F3NO4S/c1-13(2)18(12-15-11-14(3)5-10-19(15)27-4)24-29(25,26)17-8-6-16(7-9-17)28-20(21,22)23/h5-11,13,18,24H,12H2,1-4H3. The van der Waals surface area contributed by atoms with Gasteiger partial charge in [-0.15, -0.1) is 13.2 Å². The minimum absolute atomic E-state index is 0.0390. The van der Waals surface area contributed by atoms with Crippen molar-refractivity contribution in [3.63, 3.8) is 0 Å². The van der Waals surface area contributed by atoms with Gasteiger partial charge >= 0.3 is 6.36 Å². The zero-order valence-electron chi connectivity index (χ0n) is 16.6. The molecule has 0 amide bonds. The lowest BCUT2D eigenvalue weighted by atomic mass is 9.96. The molecule has 1 N–H and O–H groups in total. The molecule has 0 spiro atoms. The number of ether oxygens (including phenoxy) is 2. The van der Waals surface area contributed by atoms with Crippen LogP contribution in [0.1, 0.15) is 25.0 Å². The Kier molecular flexibility index (Phi) is 7.18. The lowest BCUT2D eigenvalue weighted by Crippen LogP contribution is -2.40. The van der Waals surface area contributed by atoms with Crippen molar-refractivity contribution in [1.82, 2.24) is 4.72 Å². The van der Waals surface area contributed by atoms with E-state index in [1.54, 1.807) is 7.11 Å². The largest absolute Gasteiger partial charge is 0.573 e. The van der Waals surface area contributed by atoms with E-state index in [0.717, 1.165) is 35.4 Å². The number of sulfonamides is 1. The normalized spacial score (nSPS) is 13.4. The van der Waals surface area contributed by atoms with Crippen LogP contribution in [-0.2, 0) is 16.4 Å².